The highest BCUT2D eigenvalue weighted by atomic mass is 79.9. The van der Waals surface area contributed by atoms with Crippen molar-refractivity contribution < 1.29 is 37.4 Å². The first-order valence-electron chi connectivity index (χ1n) is 12.8. The summed E-state index contributed by atoms with van der Waals surface area (Å²) in [6.45, 7) is 3.64. The SMILES string of the molecule is CC(=O)CCc1ccccc1OP(=O)(C[C@@H](C)C(C)=O)OC[C@H]1O[C@@](C#N)(c2cnc3c(N)ncnn23)C(F)(Br)[C@H]1O. The third-order valence-electron chi connectivity index (χ3n) is 6.95. The third-order valence-corrected chi connectivity index (χ3v) is 9.99. The van der Waals surface area contributed by atoms with E-state index in [1.54, 1.807) is 37.3 Å². The van der Waals surface area contributed by atoms with Crippen LogP contribution in [0.3, 0.4) is 0 Å². The molecule has 4 rings (SSSR count). The van der Waals surface area contributed by atoms with E-state index in [0.29, 0.717) is 12.0 Å². The normalized spacial score (nSPS) is 25.9. The molecule has 3 heterocycles. The number of aromatic nitrogens is 4. The molecule has 6 atom stereocenters. The van der Waals surface area contributed by atoms with Gasteiger partial charge in [-0.15, -0.1) is 0 Å². The van der Waals surface area contributed by atoms with Gasteiger partial charge in [0.05, 0.1) is 19.0 Å². The van der Waals surface area contributed by atoms with Gasteiger partial charge in [0, 0.05) is 12.3 Å². The van der Waals surface area contributed by atoms with Crippen LogP contribution in [0.15, 0.2) is 36.8 Å². The number of aliphatic hydroxyl groups is 1. The molecule has 1 fully saturated rings. The predicted octanol–water partition coefficient (Wildman–Crippen LogP) is 3.28. The standard InChI is InChI=1S/C26H29BrFN6O7P/c1-15(17(3)36)12-42(38,41-19-7-5-4-6-18(19)9-8-16(2)35)39-11-20-22(37)26(27,28)25(13-29,40-20)21-10-31-24-23(30)32-14-33-34(21)24/h4-7,10,14-15,20,22,37H,8-9,11-12H2,1-3H3,(H2,30,32,33)/t15-,20-,22+,25+,26?,42?/m1/s1. The second kappa shape index (κ2) is 12.1. The summed E-state index contributed by atoms with van der Waals surface area (Å²) >= 11 is 2.82. The first-order chi connectivity index (χ1) is 19.7. The largest absolute Gasteiger partial charge is 0.424 e. The minimum Gasteiger partial charge on any atom is -0.424 e. The Morgan fingerprint density at radius 3 is 2.74 bits per heavy atom. The van der Waals surface area contributed by atoms with Crippen LogP contribution in [0.5, 0.6) is 5.75 Å². The number of aliphatic hydroxyl groups excluding tert-OH is 1. The van der Waals surface area contributed by atoms with Crippen LogP contribution in [0.1, 0.15) is 38.4 Å². The number of benzene rings is 1. The molecule has 42 heavy (non-hydrogen) atoms. The van der Waals surface area contributed by atoms with Crippen molar-refractivity contribution in [2.45, 2.75) is 56.0 Å². The van der Waals surface area contributed by atoms with Gasteiger partial charge in [-0.25, -0.2) is 23.4 Å². The molecular formula is C26H29BrFN6O7P. The van der Waals surface area contributed by atoms with Gasteiger partial charge >= 0.3 is 7.60 Å². The van der Waals surface area contributed by atoms with E-state index in [2.05, 4.69) is 31.0 Å². The van der Waals surface area contributed by atoms with E-state index in [1.807, 2.05) is 0 Å². The summed E-state index contributed by atoms with van der Waals surface area (Å²) in [5.41, 5.74) is 3.74. The van der Waals surface area contributed by atoms with E-state index >= 15 is 4.39 Å². The number of anilines is 1. The van der Waals surface area contributed by atoms with Gasteiger partial charge in [-0.2, -0.15) is 10.4 Å². The lowest BCUT2D eigenvalue weighted by Gasteiger charge is -2.28. The van der Waals surface area contributed by atoms with Crippen molar-refractivity contribution in [1.82, 2.24) is 19.6 Å². The minimum atomic E-state index is -4.17. The number of carbonyl (C=O) groups is 2. The van der Waals surface area contributed by atoms with Crippen molar-refractivity contribution in [3.63, 3.8) is 0 Å². The van der Waals surface area contributed by atoms with E-state index in [9.17, 15) is 24.5 Å². The minimum absolute atomic E-state index is 0.0303. The number of Topliss-reactive ketones (excluding diaryl/α,β-unsaturated/α-hetero) is 2. The Labute approximate surface area is 248 Å². The lowest BCUT2D eigenvalue weighted by atomic mass is 9.94. The number of hydrogen-bond acceptors (Lipinski definition) is 12. The molecule has 0 spiro atoms. The summed E-state index contributed by atoms with van der Waals surface area (Å²) in [6, 6.07) is 8.39. The highest BCUT2D eigenvalue weighted by molar-refractivity contribution is 9.10. The summed E-state index contributed by atoms with van der Waals surface area (Å²) in [5, 5.41) is 25.1. The number of alkyl halides is 2. The molecule has 0 aliphatic carbocycles. The fourth-order valence-electron chi connectivity index (χ4n) is 4.43. The number of hydrogen-bond donors (Lipinski definition) is 2. The molecule has 0 saturated carbocycles. The number of nitrogens with zero attached hydrogens (tertiary/aromatic N) is 5. The van der Waals surface area contributed by atoms with Gasteiger partial charge in [-0.1, -0.05) is 25.1 Å². The Hall–Kier alpha value is -3.28. The highest BCUT2D eigenvalue weighted by Gasteiger charge is 2.69. The molecule has 0 bridgehead atoms. The molecule has 13 nitrogen and oxygen atoms in total. The van der Waals surface area contributed by atoms with E-state index in [-0.39, 0.29) is 47.1 Å². The van der Waals surface area contributed by atoms with Gasteiger partial charge in [0.15, 0.2) is 11.5 Å². The number of rotatable bonds is 12. The molecule has 16 heteroatoms. The number of ketones is 2. The fraction of sp³-hybridized carbons (Fsp3) is 0.462. The molecule has 2 unspecified atom stereocenters. The number of nitrogen functional groups attached to an aromatic ring is 1. The van der Waals surface area contributed by atoms with Crippen LogP contribution in [0.4, 0.5) is 10.2 Å². The van der Waals surface area contributed by atoms with Gasteiger partial charge in [-0.3, -0.25) is 9.32 Å². The topological polar surface area (TPSA) is 192 Å². The van der Waals surface area contributed by atoms with Crippen molar-refractivity contribution in [2.24, 2.45) is 5.92 Å². The van der Waals surface area contributed by atoms with Crippen LogP contribution in [0.2, 0.25) is 0 Å². The van der Waals surface area contributed by atoms with Crippen LogP contribution in [-0.2, 0) is 35.4 Å². The number of imidazole rings is 1. The maximum atomic E-state index is 16.2. The Morgan fingerprint density at radius 2 is 2.07 bits per heavy atom. The van der Waals surface area contributed by atoms with Crippen LogP contribution >= 0.6 is 23.5 Å². The lowest BCUT2D eigenvalue weighted by molar-refractivity contribution is -0.120. The zero-order valence-electron chi connectivity index (χ0n) is 22.9. The quantitative estimate of drug-likeness (QED) is 0.212. The molecule has 0 radical (unpaired) electrons. The smallest absolute Gasteiger partial charge is 0.380 e. The van der Waals surface area contributed by atoms with Crippen LogP contribution in [-0.4, -0.2) is 65.8 Å². The second-order valence-electron chi connectivity index (χ2n) is 10.0. The number of para-hydroxylation sites is 1. The van der Waals surface area contributed by atoms with Gasteiger partial charge < -0.3 is 24.9 Å². The molecular weight excluding hydrogens is 638 g/mol. The average molecular weight is 667 g/mol. The van der Waals surface area contributed by atoms with E-state index in [1.165, 1.54) is 13.8 Å². The van der Waals surface area contributed by atoms with Crippen molar-refractivity contribution in [1.29, 1.82) is 5.26 Å². The third kappa shape index (κ3) is 5.95. The number of nitriles is 1. The highest BCUT2D eigenvalue weighted by Crippen LogP contribution is 2.55. The number of nitrogens with two attached hydrogens (primary N) is 1. The zero-order valence-corrected chi connectivity index (χ0v) is 25.4. The van der Waals surface area contributed by atoms with E-state index in [4.69, 9.17) is 19.5 Å². The molecule has 1 saturated heterocycles. The Balaban J connectivity index is 1.64. The van der Waals surface area contributed by atoms with Gasteiger partial charge in [0.25, 0.3) is 0 Å². The molecule has 3 aromatic rings. The van der Waals surface area contributed by atoms with Gasteiger partial charge in [0.1, 0.15) is 47.6 Å². The Kier molecular flexibility index (Phi) is 9.15. The second-order valence-corrected chi connectivity index (χ2v) is 13.2. The summed E-state index contributed by atoms with van der Waals surface area (Å²) < 4.78 is 45.8. The summed E-state index contributed by atoms with van der Waals surface area (Å²) in [5.74, 6) is -0.923. The number of ether oxygens (including phenoxy) is 1. The number of fused-ring (bicyclic) bond motifs is 1. The van der Waals surface area contributed by atoms with Crippen molar-refractivity contribution in [2.75, 3.05) is 18.5 Å². The number of carbonyl (C=O) groups excluding carboxylic acids is 2. The van der Waals surface area contributed by atoms with Crippen molar-refractivity contribution in [3.05, 3.63) is 48.0 Å². The lowest BCUT2D eigenvalue weighted by Crippen LogP contribution is -2.46. The maximum absolute atomic E-state index is 16.2. The van der Waals surface area contributed by atoms with E-state index in [0.717, 1.165) is 17.0 Å². The maximum Gasteiger partial charge on any atom is 0.380 e. The zero-order chi connectivity index (χ0) is 30.9. The Morgan fingerprint density at radius 1 is 1.36 bits per heavy atom. The molecule has 224 valence electrons. The van der Waals surface area contributed by atoms with Crippen LogP contribution < -0.4 is 10.3 Å². The molecule has 1 aliphatic rings. The monoisotopic (exact) mass is 666 g/mol. The first kappa shape index (κ1) is 31.7. The molecule has 3 N–H and O–H groups in total. The number of aryl methyl sites for hydroxylation is 1. The summed E-state index contributed by atoms with van der Waals surface area (Å²) in [7, 11) is -4.17. The summed E-state index contributed by atoms with van der Waals surface area (Å²) in [4.78, 5) is 31.5. The molecule has 1 aliphatic heterocycles. The summed E-state index contributed by atoms with van der Waals surface area (Å²) in [6.07, 6.45) is -1.16. The van der Waals surface area contributed by atoms with Crippen molar-refractivity contribution in [3.8, 4) is 11.8 Å². The fourth-order valence-corrected chi connectivity index (χ4v) is 7.12. The average Bonchev–Trinajstić information content (AvgIpc) is 3.45. The van der Waals surface area contributed by atoms with Gasteiger partial charge in [0.2, 0.25) is 10.2 Å². The predicted molar refractivity (Wildman–Crippen MR) is 150 cm³/mol. The first-order valence-corrected chi connectivity index (χ1v) is 15.4. The Bertz CT molecular complexity index is 1600. The molecule has 0 amide bonds. The van der Waals surface area contributed by atoms with E-state index < -0.39 is 42.5 Å². The molecule has 2 aromatic heterocycles. The molecule has 1 aromatic carbocycles. The van der Waals surface area contributed by atoms with Crippen LogP contribution in [0.25, 0.3) is 5.65 Å². The van der Waals surface area contributed by atoms with Gasteiger partial charge in [-0.05, 0) is 47.8 Å². The van der Waals surface area contributed by atoms with Crippen molar-refractivity contribution >= 4 is 46.6 Å². The van der Waals surface area contributed by atoms with Crippen LogP contribution in [0, 0.1) is 17.2 Å². The number of halogens is 2.